The van der Waals surface area contributed by atoms with E-state index in [0.717, 1.165) is 0 Å². The van der Waals surface area contributed by atoms with Gasteiger partial charge in [0.05, 0.1) is 13.2 Å². The number of thioether (sulfide) groups is 1. The lowest BCUT2D eigenvalue weighted by atomic mass is 9.96. The monoisotopic (exact) mass is 263 g/mol. The molecular weight excluding hydrogens is 238 g/mol. The summed E-state index contributed by atoms with van der Waals surface area (Å²) in [5, 5.41) is 12.5. The van der Waals surface area contributed by atoms with Crippen LogP contribution in [0.2, 0.25) is 0 Å². The largest absolute Gasteiger partial charge is 0.465 e. The lowest BCUT2D eigenvalue weighted by Gasteiger charge is -2.30. The molecule has 17 heavy (non-hydrogen) atoms. The third-order valence-electron chi connectivity index (χ3n) is 2.70. The van der Waals surface area contributed by atoms with Crippen molar-refractivity contribution in [1.29, 1.82) is 0 Å². The lowest BCUT2D eigenvalue weighted by molar-refractivity contribution is -0.150. The number of hydrogen-bond acceptors (Lipinski definition) is 5. The molecule has 0 aliphatic rings. The van der Waals surface area contributed by atoms with Crippen molar-refractivity contribution in [3.8, 4) is 0 Å². The van der Waals surface area contributed by atoms with Crippen molar-refractivity contribution in [1.82, 2.24) is 5.32 Å². The minimum Gasteiger partial charge on any atom is -0.465 e. The maximum atomic E-state index is 11.8. The Morgan fingerprint density at radius 2 is 2.06 bits per heavy atom. The van der Waals surface area contributed by atoms with E-state index in [1.54, 1.807) is 25.7 Å². The Morgan fingerprint density at radius 1 is 1.47 bits per heavy atom. The van der Waals surface area contributed by atoms with Crippen LogP contribution in [0.1, 0.15) is 34.1 Å². The Bertz CT molecular complexity index is 238. The molecule has 0 fully saturated rings. The fourth-order valence-electron chi connectivity index (χ4n) is 1.64. The number of nitrogens with one attached hydrogen (secondary N) is 1. The van der Waals surface area contributed by atoms with E-state index in [0.29, 0.717) is 13.0 Å². The van der Waals surface area contributed by atoms with Crippen LogP contribution in [-0.4, -0.2) is 47.4 Å². The molecule has 0 aliphatic carbocycles. The first-order valence-corrected chi connectivity index (χ1v) is 6.96. The van der Waals surface area contributed by atoms with Gasteiger partial charge in [0.1, 0.15) is 5.54 Å². The zero-order chi connectivity index (χ0) is 13.5. The highest BCUT2D eigenvalue weighted by atomic mass is 32.2. The Labute approximate surface area is 108 Å². The van der Waals surface area contributed by atoms with Gasteiger partial charge < -0.3 is 15.2 Å². The molecule has 0 aromatic rings. The Morgan fingerprint density at radius 3 is 2.47 bits per heavy atom. The molecular formula is C12H25NO3S. The van der Waals surface area contributed by atoms with Crippen molar-refractivity contribution in [3.05, 3.63) is 0 Å². The fraction of sp³-hybridized carbons (Fsp3) is 0.917. The van der Waals surface area contributed by atoms with Crippen LogP contribution in [0.4, 0.5) is 0 Å². The molecule has 2 N–H and O–H groups in total. The molecule has 0 radical (unpaired) electrons. The first-order valence-electron chi connectivity index (χ1n) is 6.02. The number of ether oxygens (including phenoxy) is 1. The molecule has 102 valence electrons. The van der Waals surface area contributed by atoms with Gasteiger partial charge in [-0.15, -0.1) is 0 Å². The second kappa shape index (κ2) is 7.95. The quantitative estimate of drug-likeness (QED) is 0.649. The predicted octanol–water partition coefficient (Wildman–Crippen LogP) is 1.42. The Kier molecular flexibility index (Phi) is 7.83. The van der Waals surface area contributed by atoms with Gasteiger partial charge in [-0.2, -0.15) is 11.8 Å². The molecule has 0 aliphatic heterocycles. The van der Waals surface area contributed by atoms with Crippen molar-refractivity contribution in [2.45, 2.75) is 50.2 Å². The first-order chi connectivity index (χ1) is 7.89. The summed E-state index contributed by atoms with van der Waals surface area (Å²) in [6, 6.07) is 0. The van der Waals surface area contributed by atoms with Crippen molar-refractivity contribution in [2.75, 3.05) is 20.3 Å². The minimum atomic E-state index is -0.655. The first kappa shape index (κ1) is 16.7. The van der Waals surface area contributed by atoms with E-state index in [2.05, 4.69) is 12.2 Å². The zero-order valence-electron chi connectivity index (χ0n) is 11.4. The van der Waals surface area contributed by atoms with Crippen LogP contribution in [0.5, 0.6) is 0 Å². The van der Waals surface area contributed by atoms with Gasteiger partial charge in [-0.1, -0.05) is 13.8 Å². The number of hydrogen-bond donors (Lipinski definition) is 2. The van der Waals surface area contributed by atoms with Gasteiger partial charge in [0.15, 0.2) is 0 Å². The van der Waals surface area contributed by atoms with Gasteiger partial charge in [-0.3, -0.25) is 4.79 Å². The molecule has 4 nitrogen and oxygen atoms in total. The summed E-state index contributed by atoms with van der Waals surface area (Å²) in [7, 11) is 1.77. The fourth-order valence-corrected chi connectivity index (χ4v) is 2.95. The average Bonchev–Trinajstić information content (AvgIpc) is 2.28. The lowest BCUT2D eigenvalue weighted by Crippen LogP contribution is -2.50. The second-order valence-electron chi connectivity index (χ2n) is 4.45. The van der Waals surface area contributed by atoms with Gasteiger partial charge in [0, 0.05) is 10.5 Å². The summed E-state index contributed by atoms with van der Waals surface area (Å²) in [6.45, 7) is 8.24. The van der Waals surface area contributed by atoms with Gasteiger partial charge in [0.2, 0.25) is 0 Å². The van der Waals surface area contributed by atoms with Gasteiger partial charge in [0.25, 0.3) is 0 Å². The highest BCUT2D eigenvalue weighted by Crippen LogP contribution is 2.25. The van der Waals surface area contributed by atoms with Crippen LogP contribution in [0.25, 0.3) is 0 Å². The Balaban J connectivity index is 4.41. The number of aliphatic hydroxyl groups excluding tert-OH is 1. The summed E-state index contributed by atoms with van der Waals surface area (Å²) >= 11 is 1.68. The summed E-state index contributed by atoms with van der Waals surface area (Å²) in [6.07, 6.45) is 0.678. The third-order valence-corrected chi connectivity index (χ3v) is 3.94. The molecule has 0 heterocycles. The van der Waals surface area contributed by atoms with Crippen LogP contribution in [0.3, 0.4) is 0 Å². The summed E-state index contributed by atoms with van der Waals surface area (Å²) in [5.74, 6) is -0.216. The third kappa shape index (κ3) is 5.75. The van der Waals surface area contributed by atoms with E-state index in [1.807, 2.05) is 13.8 Å². The molecule has 0 saturated heterocycles. The van der Waals surface area contributed by atoms with E-state index < -0.39 is 5.54 Å². The SMILES string of the molecule is CCOC(=O)C(C)(CC(C)SC(C)CO)NC. The molecule has 0 bridgehead atoms. The molecule has 5 heteroatoms. The summed E-state index contributed by atoms with van der Waals surface area (Å²) in [4.78, 5) is 11.8. The number of rotatable bonds is 8. The van der Waals surface area contributed by atoms with Crippen molar-refractivity contribution in [2.24, 2.45) is 0 Å². The normalized spacial score (nSPS) is 18.2. The van der Waals surface area contributed by atoms with Crippen LogP contribution in [-0.2, 0) is 9.53 Å². The molecule has 3 atom stereocenters. The predicted molar refractivity (Wildman–Crippen MR) is 72.3 cm³/mol. The summed E-state index contributed by atoms with van der Waals surface area (Å²) < 4.78 is 5.07. The number of likely N-dealkylation sites (N-methyl/N-ethyl adjacent to an activating group) is 1. The highest BCUT2D eigenvalue weighted by molar-refractivity contribution is 8.00. The topological polar surface area (TPSA) is 58.6 Å². The number of carbonyl (C=O) groups is 1. The number of carbonyl (C=O) groups excluding carboxylic acids is 1. The van der Waals surface area contributed by atoms with Crippen LogP contribution >= 0.6 is 11.8 Å². The maximum Gasteiger partial charge on any atom is 0.326 e. The van der Waals surface area contributed by atoms with Crippen LogP contribution < -0.4 is 5.32 Å². The molecule has 0 amide bonds. The molecule has 0 rings (SSSR count). The van der Waals surface area contributed by atoms with E-state index in [4.69, 9.17) is 9.84 Å². The van der Waals surface area contributed by atoms with Gasteiger partial charge in [-0.05, 0) is 27.3 Å². The summed E-state index contributed by atoms with van der Waals surface area (Å²) in [5.41, 5.74) is -0.655. The number of esters is 1. The highest BCUT2D eigenvalue weighted by Gasteiger charge is 2.34. The number of aliphatic hydroxyl groups is 1. The van der Waals surface area contributed by atoms with Crippen LogP contribution in [0.15, 0.2) is 0 Å². The van der Waals surface area contributed by atoms with Crippen molar-refractivity contribution in [3.63, 3.8) is 0 Å². The molecule has 0 spiro atoms. The van der Waals surface area contributed by atoms with E-state index in [9.17, 15) is 4.79 Å². The standard InChI is InChI=1S/C12H25NO3S/c1-6-16-11(15)12(4,13-5)7-9(2)17-10(3)8-14/h9-10,13-14H,6-8H2,1-5H3. The van der Waals surface area contributed by atoms with Crippen LogP contribution in [0, 0.1) is 0 Å². The van der Waals surface area contributed by atoms with Crippen molar-refractivity contribution < 1.29 is 14.6 Å². The zero-order valence-corrected chi connectivity index (χ0v) is 12.3. The van der Waals surface area contributed by atoms with Crippen molar-refractivity contribution >= 4 is 17.7 Å². The van der Waals surface area contributed by atoms with E-state index in [1.165, 1.54) is 0 Å². The van der Waals surface area contributed by atoms with Gasteiger partial charge >= 0.3 is 5.97 Å². The van der Waals surface area contributed by atoms with Gasteiger partial charge in [-0.25, -0.2) is 0 Å². The Hall–Kier alpha value is -0.260. The second-order valence-corrected chi connectivity index (χ2v) is 6.33. The molecule has 0 aromatic carbocycles. The average molecular weight is 263 g/mol. The minimum absolute atomic E-state index is 0.157. The van der Waals surface area contributed by atoms with E-state index in [-0.39, 0.29) is 23.1 Å². The molecule has 3 unspecified atom stereocenters. The molecule has 0 aromatic heterocycles. The molecule has 0 saturated carbocycles. The van der Waals surface area contributed by atoms with E-state index >= 15 is 0 Å². The maximum absolute atomic E-state index is 11.8. The smallest absolute Gasteiger partial charge is 0.326 e.